The number of methoxy groups -OCH3 is 1. The van der Waals surface area contributed by atoms with Gasteiger partial charge >= 0.3 is 0 Å². The molecule has 0 atom stereocenters. The lowest BCUT2D eigenvalue weighted by Gasteiger charge is -2.11. The maximum atomic E-state index is 12.4. The number of benzene rings is 1. The zero-order chi connectivity index (χ0) is 18.5. The lowest BCUT2D eigenvalue weighted by Crippen LogP contribution is -2.29. The first-order valence-corrected chi connectivity index (χ1v) is 8.79. The van der Waals surface area contributed by atoms with Crippen LogP contribution in [0.1, 0.15) is 17.7 Å². The highest BCUT2D eigenvalue weighted by Crippen LogP contribution is 2.33. The van der Waals surface area contributed by atoms with Gasteiger partial charge in [-0.25, -0.2) is 0 Å². The highest BCUT2D eigenvalue weighted by molar-refractivity contribution is 8.18. The molecule has 0 bridgehead atoms. The summed E-state index contributed by atoms with van der Waals surface area (Å²) in [6.45, 7) is 0.815. The standard InChI is InChI=1S/C19H16N2O4S/c1-24-10-4-9-21-18(22)17(26-19(21)23)11-14-7-8-16(25-14)15-6-3-2-5-13(15)12-20/h2-3,5-8,11H,4,9-10H2,1H3/b17-11+. The summed E-state index contributed by atoms with van der Waals surface area (Å²) < 4.78 is 10.7. The van der Waals surface area contributed by atoms with Crippen molar-refractivity contribution in [2.24, 2.45) is 0 Å². The Kier molecular flexibility index (Phi) is 5.56. The van der Waals surface area contributed by atoms with Crippen LogP contribution in [0.5, 0.6) is 0 Å². The van der Waals surface area contributed by atoms with Crippen LogP contribution in [0, 0.1) is 11.3 Å². The molecule has 2 aromatic rings. The number of nitrogens with zero attached hydrogens (tertiary/aromatic N) is 2. The molecule has 0 saturated carbocycles. The number of thioether (sulfide) groups is 1. The molecule has 1 fully saturated rings. The summed E-state index contributed by atoms with van der Waals surface area (Å²) in [4.78, 5) is 25.9. The molecule has 0 aliphatic carbocycles. The Bertz CT molecular complexity index is 910. The average Bonchev–Trinajstić information content (AvgIpc) is 3.22. The minimum Gasteiger partial charge on any atom is -0.457 e. The zero-order valence-electron chi connectivity index (χ0n) is 14.1. The van der Waals surface area contributed by atoms with E-state index in [0.29, 0.717) is 47.1 Å². The highest BCUT2D eigenvalue weighted by Gasteiger charge is 2.34. The topological polar surface area (TPSA) is 83.5 Å². The number of imide groups is 1. The van der Waals surface area contributed by atoms with Gasteiger partial charge in [-0.3, -0.25) is 14.5 Å². The number of carbonyl (C=O) groups is 2. The van der Waals surface area contributed by atoms with Gasteiger partial charge in [-0.1, -0.05) is 12.1 Å². The minimum absolute atomic E-state index is 0.293. The van der Waals surface area contributed by atoms with Crippen LogP contribution in [-0.4, -0.2) is 36.3 Å². The second-order valence-corrected chi connectivity index (χ2v) is 6.53. The molecule has 26 heavy (non-hydrogen) atoms. The van der Waals surface area contributed by atoms with E-state index in [1.165, 1.54) is 4.90 Å². The molecule has 1 aliphatic rings. The fraction of sp³-hybridized carbons (Fsp3) is 0.211. The number of hydrogen-bond donors (Lipinski definition) is 0. The molecule has 1 aromatic carbocycles. The van der Waals surface area contributed by atoms with Crippen LogP contribution in [0.25, 0.3) is 17.4 Å². The van der Waals surface area contributed by atoms with Gasteiger partial charge in [0.1, 0.15) is 11.5 Å². The van der Waals surface area contributed by atoms with Crippen LogP contribution in [0.2, 0.25) is 0 Å². The van der Waals surface area contributed by atoms with Gasteiger partial charge in [0.2, 0.25) is 0 Å². The molecule has 132 valence electrons. The maximum absolute atomic E-state index is 12.4. The Hall–Kier alpha value is -2.82. The Labute approximate surface area is 155 Å². The number of amides is 2. The predicted octanol–water partition coefficient (Wildman–Crippen LogP) is 3.89. The van der Waals surface area contributed by atoms with Gasteiger partial charge in [-0.05, 0) is 42.4 Å². The Morgan fingerprint density at radius 2 is 2.08 bits per heavy atom. The van der Waals surface area contributed by atoms with Crippen LogP contribution in [0.3, 0.4) is 0 Å². The van der Waals surface area contributed by atoms with Crippen LogP contribution in [-0.2, 0) is 9.53 Å². The third-order valence-corrected chi connectivity index (χ3v) is 4.72. The van der Waals surface area contributed by atoms with Gasteiger partial charge in [-0.15, -0.1) is 0 Å². The number of nitriles is 1. The number of rotatable bonds is 6. The number of hydrogen-bond acceptors (Lipinski definition) is 6. The molecule has 0 unspecified atom stereocenters. The van der Waals surface area contributed by atoms with Crippen LogP contribution >= 0.6 is 11.8 Å². The molecule has 7 heteroatoms. The first kappa shape index (κ1) is 18.0. The van der Waals surface area contributed by atoms with Gasteiger partial charge < -0.3 is 9.15 Å². The first-order valence-electron chi connectivity index (χ1n) is 7.97. The van der Waals surface area contributed by atoms with Crippen molar-refractivity contribution in [2.75, 3.05) is 20.3 Å². The van der Waals surface area contributed by atoms with E-state index in [4.69, 9.17) is 9.15 Å². The molecule has 2 amide bonds. The van der Waals surface area contributed by atoms with Crippen molar-refractivity contribution in [2.45, 2.75) is 6.42 Å². The van der Waals surface area contributed by atoms with E-state index >= 15 is 0 Å². The van der Waals surface area contributed by atoms with Crippen molar-refractivity contribution in [3.05, 3.63) is 52.6 Å². The van der Waals surface area contributed by atoms with Crippen molar-refractivity contribution >= 4 is 29.0 Å². The molecule has 0 radical (unpaired) electrons. The predicted molar refractivity (Wildman–Crippen MR) is 98.0 cm³/mol. The summed E-state index contributed by atoms with van der Waals surface area (Å²) in [6.07, 6.45) is 2.15. The highest BCUT2D eigenvalue weighted by atomic mass is 32.2. The average molecular weight is 368 g/mol. The quantitative estimate of drug-likeness (QED) is 0.568. The summed E-state index contributed by atoms with van der Waals surface area (Å²) >= 11 is 0.893. The molecule has 0 spiro atoms. The lowest BCUT2D eigenvalue weighted by molar-refractivity contribution is -0.122. The fourth-order valence-corrected chi connectivity index (χ4v) is 3.40. The van der Waals surface area contributed by atoms with Gasteiger partial charge in [-0.2, -0.15) is 5.26 Å². The van der Waals surface area contributed by atoms with Crippen LogP contribution in [0.15, 0.2) is 45.7 Å². The second-order valence-electron chi connectivity index (χ2n) is 5.54. The van der Waals surface area contributed by atoms with Gasteiger partial charge in [0.05, 0.1) is 16.5 Å². The van der Waals surface area contributed by atoms with E-state index in [-0.39, 0.29) is 11.1 Å². The molecular weight excluding hydrogens is 352 g/mol. The first-order chi connectivity index (χ1) is 12.6. The molecule has 1 aromatic heterocycles. The molecule has 6 nitrogen and oxygen atoms in total. The molecule has 1 aliphatic heterocycles. The maximum Gasteiger partial charge on any atom is 0.293 e. The molecule has 2 heterocycles. The lowest BCUT2D eigenvalue weighted by atomic mass is 10.1. The Balaban J connectivity index is 1.79. The number of furan rings is 1. The van der Waals surface area contributed by atoms with Crippen molar-refractivity contribution in [1.29, 1.82) is 5.26 Å². The smallest absolute Gasteiger partial charge is 0.293 e. The third-order valence-electron chi connectivity index (χ3n) is 3.82. The zero-order valence-corrected chi connectivity index (χ0v) is 14.9. The van der Waals surface area contributed by atoms with E-state index in [2.05, 4.69) is 6.07 Å². The summed E-state index contributed by atoms with van der Waals surface area (Å²) in [5, 5.41) is 8.90. The SMILES string of the molecule is COCCCN1C(=O)S/C(=C/c2ccc(-c3ccccc3C#N)o2)C1=O. The van der Waals surface area contributed by atoms with E-state index < -0.39 is 0 Å². The van der Waals surface area contributed by atoms with E-state index in [9.17, 15) is 14.9 Å². The van der Waals surface area contributed by atoms with Crippen molar-refractivity contribution in [3.8, 4) is 17.4 Å². The normalized spacial score (nSPS) is 15.7. The molecule has 1 saturated heterocycles. The number of ether oxygens (including phenoxy) is 1. The summed E-state index contributed by atoms with van der Waals surface area (Å²) in [7, 11) is 1.58. The summed E-state index contributed by atoms with van der Waals surface area (Å²) in [6, 6.07) is 12.7. The van der Waals surface area contributed by atoms with Crippen LogP contribution in [0.4, 0.5) is 4.79 Å². The third kappa shape index (κ3) is 3.72. The molecular formula is C19H16N2O4S. The molecule has 0 N–H and O–H groups in total. The summed E-state index contributed by atoms with van der Waals surface area (Å²) in [5.41, 5.74) is 1.19. The Morgan fingerprint density at radius 1 is 1.27 bits per heavy atom. The van der Waals surface area contributed by atoms with Crippen molar-refractivity contribution in [1.82, 2.24) is 4.90 Å². The van der Waals surface area contributed by atoms with Gasteiger partial charge in [0, 0.05) is 31.9 Å². The van der Waals surface area contributed by atoms with E-state index in [1.807, 2.05) is 6.07 Å². The Morgan fingerprint density at radius 3 is 2.85 bits per heavy atom. The number of carbonyl (C=O) groups excluding carboxylic acids is 2. The van der Waals surface area contributed by atoms with E-state index in [1.54, 1.807) is 43.5 Å². The van der Waals surface area contributed by atoms with Crippen LogP contribution < -0.4 is 0 Å². The van der Waals surface area contributed by atoms with E-state index in [0.717, 1.165) is 11.8 Å². The molecule has 3 rings (SSSR count). The second kappa shape index (κ2) is 8.04. The fourth-order valence-electron chi connectivity index (χ4n) is 2.56. The van der Waals surface area contributed by atoms with Crippen molar-refractivity contribution < 1.29 is 18.7 Å². The monoisotopic (exact) mass is 368 g/mol. The minimum atomic E-state index is -0.327. The largest absolute Gasteiger partial charge is 0.457 e. The summed E-state index contributed by atoms with van der Waals surface area (Å²) in [5.74, 6) is 0.661. The van der Waals surface area contributed by atoms with Gasteiger partial charge in [0.25, 0.3) is 11.1 Å². The van der Waals surface area contributed by atoms with Gasteiger partial charge in [0.15, 0.2) is 0 Å². The van der Waals surface area contributed by atoms with Crippen molar-refractivity contribution in [3.63, 3.8) is 0 Å².